The summed E-state index contributed by atoms with van der Waals surface area (Å²) >= 11 is 0. The molecule has 3 heteroatoms. The van der Waals surface area contributed by atoms with Crippen molar-refractivity contribution in [3.63, 3.8) is 0 Å². The highest BCUT2D eigenvalue weighted by molar-refractivity contribution is 6.00. The Kier molecular flexibility index (Phi) is 4.95. The molecule has 0 radical (unpaired) electrons. The number of benzene rings is 2. The zero-order valence-electron chi connectivity index (χ0n) is 14.7. The maximum absolute atomic E-state index is 13.0. The summed E-state index contributed by atoms with van der Waals surface area (Å²) < 4.78 is 0. The molecule has 4 rings (SSSR count). The summed E-state index contributed by atoms with van der Waals surface area (Å²) in [5.74, 6) is 0.302. The number of hydrogen-bond acceptors (Lipinski definition) is 3. The molecule has 3 nitrogen and oxygen atoms in total. The van der Waals surface area contributed by atoms with E-state index in [0.29, 0.717) is 11.8 Å². The van der Waals surface area contributed by atoms with E-state index in [-0.39, 0.29) is 6.04 Å². The van der Waals surface area contributed by atoms with Crippen LogP contribution in [0.25, 0.3) is 0 Å². The summed E-state index contributed by atoms with van der Waals surface area (Å²) in [5.41, 5.74) is 3.42. The van der Waals surface area contributed by atoms with E-state index in [9.17, 15) is 4.79 Å². The fourth-order valence-electron chi connectivity index (χ4n) is 4.24. The molecule has 2 unspecified atom stereocenters. The molecular formula is C22H26N2O. The first-order valence-corrected chi connectivity index (χ1v) is 9.45. The zero-order valence-corrected chi connectivity index (χ0v) is 14.7. The number of likely N-dealkylation sites (tertiary alicyclic amines) is 1. The van der Waals surface area contributed by atoms with Crippen LogP contribution in [0.3, 0.4) is 0 Å². The number of carbonyl (C=O) groups is 1. The van der Waals surface area contributed by atoms with Gasteiger partial charge in [0.05, 0.1) is 6.04 Å². The van der Waals surface area contributed by atoms with Gasteiger partial charge >= 0.3 is 0 Å². The molecule has 0 saturated carbocycles. The van der Waals surface area contributed by atoms with Crippen LogP contribution >= 0.6 is 0 Å². The third-order valence-electron chi connectivity index (χ3n) is 5.59. The Hall–Kier alpha value is -1.97. The summed E-state index contributed by atoms with van der Waals surface area (Å²) in [4.78, 5) is 15.5. The largest absolute Gasteiger partial charge is 0.315 e. The quantitative estimate of drug-likeness (QED) is 0.852. The summed E-state index contributed by atoms with van der Waals surface area (Å²) in [6, 6.07) is 19.3. The molecule has 25 heavy (non-hydrogen) atoms. The monoisotopic (exact) mass is 334 g/mol. The van der Waals surface area contributed by atoms with Crippen LogP contribution in [0.5, 0.6) is 0 Å². The first-order chi connectivity index (χ1) is 12.3. The Balaban J connectivity index is 1.45. The average molecular weight is 334 g/mol. The first-order valence-electron chi connectivity index (χ1n) is 9.45. The van der Waals surface area contributed by atoms with Crippen molar-refractivity contribution in [2.75, 3.05) is 19.6 Å². The van der Waals surface area contributed by atoms with Gasteiger partial charge in [0.2, 0.25) is 0 Å². The smallest absolute Gasteiger partial charge is 0.179 e. The molecule has 2 heterocycles. The van der Waals surface area contributed by atoms with Gasteiger partial charge in [-0.05, 0) is 49.9 Å². The lowest BCUT2D eigenvalue weighted by Crippen LogP contribution is -2.44. The van der Waals surface area contributed by atoms with E-state index in [1.165, 1.54) is 17.5 Å². The van der Waals surface area contributed by atoms with Crippen LogP contribution in [0.2, 0.25) is 0 Å². The van der Waals surface area contributed by atoms with Gasteiger partial charge in [-0.25, -0.2) is 0 Å². The molecule has 2 aromatic rings. The maximum atomic E-state index is 13.0. The second-order valence-corrected chi connectivity index (χ2v) is 7.27. The summed E-state index contributed by atoms with van der Waals surface area (Å²) in [5, 5.41) is 3.43. The second-order valence-electron chi connectivity index (χ2n) is 7.27. The van der Waals surface area contributed by atoms with Gasteiger partial charge in [0.25, 0.3) is 0 Å². The molecule has 2 aromatic carbocycles. The minimum atomic E-state index is 0.0740. The molecule has 2 aliphatic rings. The van der Waals surface area contributed by atoms with E-state index >= 15 is 0 Å². The lowest BCUT2D eigenvalue weighted by atomic mass is 9.98. The lowest BCUT2D eigenvalue weighted by molar-refractivity contribution is 0.0826. The van der Waals surface area contributed by atoms with Crippen molar-refractivity contribution in [1.82, 2.24) is 10.2 Å². The molecule has 2 fully saturated rings. The molecule has 0 amide bonds. The van der Waals surface area contributed by atoms with E-state index in [1.54, 1.807) is 0 Å². The van der Waals surface area contributed by atoms with Gasteiger partial charge in [-0.2, -0.15) is 0 Å². The molecule has 2 saturated heterocycles. The van der Waals surface area contributed by atoms with Crippen LogP contribution in [0, 0.1) is 0 Å². The average Bonchev–Trinajstić information content (AvgIpc) is 3.34. The number of hydrogen-bond donors (Lipinski definition) is 1. The fourth-order valence-corrected chi connectivity index (χ4v) is 4.24. The molecule has 2 aliphatic heterocycles. The van der Waals surface area contributed by atoms with Crippen LogP contribution in [-0.2, 0) is 6.42 Å². The molecule has 0 aliphatic carbocycles. The SMILES string of the molecule is O=C(c1ccc(Cc2ccccc2)cc1)C1CCCN1C1CCNC1. The van der Waals surface area contributed by atoms with Crippen LogP contribution in [0.4, 0.5) is 0 Å². The molecule has 0 spiro atoms. The highest BCUT2D eigenvalue weighted by Crippen LogP contribution is 2.26. The predicted octanol–water partition coefficient (Wildman–Crippen LogP) is 3.29. The van der Waals surface area contributed by atoms with Crippen molar-refractivity contribution in [3.05, 3.63) is 71.3 Å². The van der Waals surface area contributed by atoms with Crippen molar-refractivity contribution in [1.29, 1.82) is 0 Å². The molecule has 0 aromatic heterocycles. The van der Waals surface area contributed by atoms with E-state index in [2.05, 4.69) is 46.6 Å². The van der Waals surface area contributed by atoms with Gasteiger partial charge in [0.15, 0.2) is 5.78 Å². The van der Waals surface area contributed by atoms with Crippen molar-refractivity contribution < 1.29 is 4.79 Å². The Bertz CT molecular complexity index is 705. The van der Waals surface area contributed by atoms with Crippen LogP contribution < -0.4 is 5.32 Å². The van der Waals surface area contributed by atoms with Crippen LogP contribution in [-0.4, -0.2) is 42.4 Å². The Labute approximate surface area is 150 Å². The van der Waals surface area contributed by atoms with Gasteiger partial charge in [0.1, 0.15) is 0 Å². The highest BCUT2D eigenvalue weighted by Gasteiger charge is 2.36. The summed E-state index contributed by atoms with van der Waals surface area (Å²) in [6.45, 7) is 3.17. The first kappa shape index (κ1) is 16.5. The lowest BCUT2D eigenvalue weighted by Gasteiger charge is -2.29. The van der Waals surface area contributed by atoms with Gasteiger partial charge in [-0.3, -0.25) is 9.69 Å². The number of rotatable bonds is 5. The van der Waals surface area contributed by atoms with E-state index in [0.717, 1.165) is 44.5 Å². The number of nitrogens with one attached hydrogen (secondary N) is 1. The topological polar surface area (TPSA) is 32.3 Å². The Morgan fingerprint density at radius 1 is 1.00 bits per heavy atom. The highest BCUT2D eigenvalue weighted by atomic mass is 16.1. The third kappa shape index (κ3) is 3.68. The number of carbonyl (C=O) groups excluding carboxylic acids is 1. The number of Topliss-reactive ketones (excluding diaryl/α,β-unsaturated/α-hetero) is 1. The minimum absolute atomic E-state index is 0.0740. The van der Waals surface area contributed by atoms with E-state index in [4.69, 9.17) is 0 Å². The zero-order chi connectivity index (χ0) is 17.1. The third-order valence-corrected chi connectivity index (χ3v) is 5.59. The van der Waals surface area contributed by atoms with E-state index < -0.39 is 0 Å². The van der Waals surface area contributed by atoms with Gasteiger partial charge in [-0.15, -0.1) is 0 Å². The van der Waals surface area contributed by atoms with Gasteiger partial charge < -0.3 is 5.32 Å². The van der Waals surface area contributed by atoms with Crippen LogP contribution in [0.15, 0.2) is 54.6 Å². The van der Waals surface area contributed by atoms with Crippen molar-refractivity contribution in [3.8, 4) is 0 Å². The molecule has 2 atom stereocenters. The summed E-state index contributed by atoms with van der Waals surface area (Å²) in [6.07, 6.45) is 4.22. The summed E-state index contributed by atoms with van der Waals surface area (Å²) in [7, 11) is 0. The Morgan fingerprint density at radius 3 is 2.48 bits per heavy atom. The molecule has 130 valence electrons. The van der Waals surface area contributed by atoms with Gasteiger partial charge in [0, 0.05) is 18.2 Å². The second kappa shape index (κ2) is 7.51. The maximum Gasteiger partial charge on any atom is 0.179 e. The minimum Gasteiger partial charge on any atom is -0.315 e. The Morgan fingerprint density at radius 2 is 1.76 bits per heavy atom. The van der Waals surface area contributed by atoms with Crippen molar-refractivity contribution in [2.24, 2.45) is 0 Å². The predicted molar refractivity (Wildman–Crippen MR) is 101 cm³/mol. The van der Waals surface area contributed by atoms with Crippen molar-refractivity contribution in [2.45, 2.75) is 37.8 Å². The number of nitrogens with zero attached hydrogens (tertiary/aromatic N) is 1. The molecular weight excluding hydrogens is 308 g/mol. The van der Waals surface area contributed by atoms with Crippen LogP contribution in [0.1, 0.15) is 40.7 Å². The standard InChI is InChI=1S/C22H26N2O/c25-22(21-7-4-14-24(21)20-12-13-23-16-20)19-10-8-18(9-11-19)15-17-5-2-1-3-6-17/h1-3,5-6,8-11,20-21,23H,4,7,12-16H2. The fraction of sp³-hybridized carbons (Fsp3) is 0.409. The van der Waals surface area contributed by atoms with Gasteiger partial charge in [-0.1, -0.05) is 54.6 Å². The van der Waals surface area contributed by atoms with E-state index in [1.807, 2.05) is 18.2 Å². The normalized spacial score (nSPS) is 23.8. The molecule has 1 N–H and O–H groups in total. The molecule has 0 bridgehead atoms. The van der Waals surface area contributed by atoms with Crippen molar-refractivity contribution >= 4 is 5.78 Å². The number of ketones is 1.